The Hall–Kier alpha value is -0.240. The second-order valence-electron chi connectivity index (χ2n) is 3.72. The number of benzene rings is 1. The summed E-state index contributed by atoms with van der Waals surface area (Å²) in [6.45, 7) is 2.98. The van der Waals surface area contributed by atoms with Crippen molar-refractivity contribution in [2.75, 3.05) is 19.5 Å². The zero-order valence-electron chi connectivity index (χ0n) is 9.16. The highest BCUT2D eigenvalue weighted by molar-refractivity contribution is 6.21. The van der Waals surface area contributed by atoms with E-state index in [1.165, 1.54) is 0 Å². The first kappa shape index (κ1) is 12.8. The molecule has 1 nitrogen and oxygen atoms in total. The molecule has 0 aliphatic rings. The van der Waals surface area contributed by atoms with E-state index in [9.17, 15) is 0 Å². The van der Waals surface area contributed by atoms with Gasteiger partial charge in [-0.2, -0.15) is 0 Å². The van der Waals surface area contributed by atoms with Gasteiger partial charge in [-0.3, -0.25) is 0 Å². The van der Waals surface area contributed by atoms with Crippen molar-refractivity contribution in [2.45, 2.75) is 18.3 Å². The predicted octanol–water partition coefficient (Wildman–Crippen LogP) is 3.53. The fourth-order valence-corrected chi connectivity index (χ4v) is 2.08. The second-order valence-corrected chi connectivity index (χ2v) is 4.57. The van der Waals surface area contributed by atoms with E-state index < -0.39 is 0 Å². The van der Waals surface area contributed by atoms with E-state index in [1.54, 1.807) is 0 Å². The van der Waals surface area contributed by atoms with Crippen LogP contribution in [0.3, 0.4) is 0 Å². The summed E-state index contributed by atoms with van der Waals surface area (Å²) in [5, 5.41) is 0.0133. The lowest BCUT2D eigenvalue weighted by atomic mass is 10.1. The largest absolute Gasteiger partial charge is 0.301 e. The van der Waals surface area contributed by atoms with Gasteiger partial charge in [0.25, 0.3) is 0 Å². The topological polar surface area (TPSA) is 3.24 Å². The molecule has 0 bridgehead atoms. The molecule has 0 N–H and O–H groups in total. The normalized spacial score (nSPS) is 15.3. The zero-order chi connectivity index (χ0) is 11.3. The van der Waals surface area contributed by atoms with Crippen LogP contribution < -0.4 is 0 Å². The summed E-state index contributed by atoms with van der Waals surface area (Å²) in [6, 6.07) is 10.4. The molecule has 0 spiro atoms. The van der Waals surface area contributed by atoms with Crippen molar-refractivity contribution < 1.29 is 0 Å². The molecule has 84 valence electrons. The van der Waals surface area contributed by atoms with Crippen LogP contribution in [-0.4, -0.2) is 30.4 Å². The highest BCUT2D eigenvalue weighted by Crippen LogP contribution is 2.26. The third-order valence-electron chi connectivity index (χ3n) is 2.67. The molecule has 0 amide bonds. The first-order valence-electron chi connectivity index (χ1n) is 5.12. The fraction of sp³-hybridized carbons (Fsp3) is 0.500. The highest BCUT2D eigenvalue weighted by atomic mass is 35.5. The van der Waals surface area contributed by atoms with Crippen LogP contribution >= 0.6 is 23.2 Å². The number of halogens is 2. The summed E-state index contributed by atoms with van der Waals surface area (Å²) < 4.78 is 0. The number of likely N-dealkylation sites (N-methyl/N-ethyl adjacent to an activating group) is 1. The molecule has 0 saturated heterocycles. The van der Waals surface area contributed by atoms with E-state index in [0.717, 1.165) is 12.1 Å². The lowest BCUT2D eigenvalue weighted by Crippen LogP contribution is -2.33. The molecule has 1 rings (SSSR count). The number of alkyl halides is 2. The minimum atomic E-state index is 0.0133. The highest BCUT2D eigenvalue weighted by Gasteiger charge is 2.19. The quantitative estimate of drug-likeness (QED) is 0.718. The molecular weight excluding hydrogens is 229 g/mol. The van der Waals surface area contributed by atoms with Gasteiger partial charge in [0.05, 0.1) is 5.38 Å². The Balaban J connectivity index is 2.64. The molecule has 3 heteroatoms. The monoisotopic (exact) mass is 245 g/mol. The van der Waals surface area contributed by atoms with Crippen LogP contribution in [0.2, 0.25) is 0 Å². The van der Waals surface area contributed by atoms with Crippen LogP contribution in [-0.2, 0) is 0 Å². The van der Waals surface area contributed by atoms with Crippen molar-refractivity contribution in [1.82, 2.24) is 4.90 Å². The summed E-state index contributed by atoms with van der Waals surface area (Å²) in [5.41, 5.74) is 1.16. The van der Waals surface area contributed by atoms with Crippen molar-refractivity contribution in [2.24, 2.45) is 0 Å². The molecule has 1 aromatic carbocycles. The van der Waals surface area contributed by atoms with Gasteiger partial charge in [-0.05, 0) is 19.5 Å². The van der Waals surface area contributed by atoms with Crippen molar-refractivity contribution >= 4 is 23.2 Å². The average Bonchev–Trinajstić information content (AvgIpc) is 2.28. The molecule has 1 aromatic rings. The standard InChI is InChI=1S/C12H17Cl2N/c1-10(15(2)9-8-13)12(14)11-6-4-3-5-7-11/h3-7,10,12H,8-9H2,1-2H3/t10-,12+/m1/s1. The molecule has 15 heavy (non-hydrogen) atoms. The van der Waals surface area contributed by atoms with Crippen molar-refractivity contribution in [3.63, 3.8) is 0 Å². The Kier molecular flexibility index (Phi) is 5.44. The van der Waals surface area contributed by atoms with E-state index in [0.29, 0.717) is 5.88 Å². The lowest BCUT2D eigenvalue weighted by molar-refractivity contribution is 0.266. The molecule has 0 unspecified atom stereocenters. The molecule has 0 heterocycles. The van der Waals surface area contributed by atoms with Gasteiger partial charge in [-0.1, -0.05) is 30.3 Å². The maximum atomic E-state index is 6.40. The SMILES string of the molecule is C[C@H]([C@H](Cl)c1ccccc1)N(C)CCCl. The van der Waals surface area contributed by atoms with E-state index in [4.69, 9.17) is 23.2 Å². The molecule has 0 aliphatic carbocycles. The van der Waals surface area contributed by atoms with Crippen LogP contribution in [0.25, 0.3) is 0 Å². The molecule has 0 fully saturated rings. The summed E-state index contributed by atoms with van der Waals surface area (Å²) in [6.07, 6.45) is 0. The van der Waals surface area contributed by atoms with Gasteiger partial charge in [0.2, 0.25) is 0 Å². The minimum absolute atomic E-state index is 0.0133. The van der Waals surface area contributed by atoms with Gasteiger partial charge < -0.3 is 4.90 Å². The van der Waals surface area contributed by atoms with Gasteiger partial charge in [-0.15, -0.1) is 23.2 Å². The maximum absolute atomic E-state index is 6.40. The van der Waals surface area contributed by atoms with Crippen molar-refractivity contribution in [3.05, 3.63) is 35.9 Å². The van der Waals surface area contributed by atoms with Gasteiger partial charge in [0, 0.05) is 18.5 Å². The van der Waals surface area contributed by atoms with Crippen LogP contribution in [0.1, 0.15) is 17.9 Å². The lowest BCUT2D eigenvalue weighted by Gasteiger charge is -2.28. The molecular formula is C12H17Cl2N. The fourth-order valence-electron chi connectivity index (χ4n) is 1.48. The predicted molar refractivity (Wildman–Crippen MR) is 67.8 cm³/mol. The Labute approximate surface area is 102 Å². The number of hydrogen-bond acceptors (Lipinski definition) is 1. The molecule has 2 atom stereocenters. The second kappa shape index (κ2) is 6.37. The van der Waals surface area contributed by atoms with Crippen LogP contribution in [0.15, 0.2) is 30.3 Å². The first-order chi connectivity index (χ1) is 7.16. The van der Waals surface area contributed by atoms with E-state index in [1.807, 2.05) is 25.2 Å². The van der Waals surface area contributed by atoms with Crippen LogP contribution in [0, 0.1) is 0 Å². The van der Waals surface area contributed by atoms with Gasteiger partial charge >= 0.3 is 0 Å². The van der Waals surface area contributed by atoms with E-state index in [-0.39, 0.29) is 11.4 Å². The third kappa shape index (κ3) is 3.67. The van der Waals surface area contributed by atoms with Crippen LogP contribution in [0.5, 0.6) is 0 Å². The maximum Gasteiger partial charge on any atom is 0.0737 e. The average molecular weight is 246 g/mol. The summed E-state index contributed by atoms with van der Waals surface area (Å²) in [4.78, 5) is 2.18. The molecule has 0 aromatic heterocycles. The molecule has 0 aliphatic heterocycles. The van der Waals surface area contributed by atoms with Crippen molar-refractivity contribution in [1.29, 1.82) is 0 Å². The minimum Gasteiger partial charge on any atom is -0.301 e. The molecule has 0 radical (unpaired) electrons. The van der Waals surface area contributed by atoms with Crippen LogP contribution in [0.4, 0.5) is 0 Å². The first-order valence-corrected chi connectivity index (χ1v) is 6.09. The number of rotatable bonds is 5. The van der Waals surface area contributed by atoms with Gasteiger partial charge in [-0.25, -0.2) is 0 Å². The zero-order valence-corrected chi connectivity index (χ0v) is 10.7. The Morgan fingerprint density at radius 2 is 1.87 bits per heavy atom. The van der Waals surface area contributed by atoms with Crippen molar-refractivity contribution in [3.8, 4) is 0 Å². The number of hydrogen-bond donors (Lipinski definition) is 0. The Bertz CT molecular complexity index is 276. The summed E-state index contributed by atoms with van der Waals surface area (Å²) in [7, 11) is 2.05. The summed E-state index contributed by atoms with van der Waals surface area (Å²) in [5.74, 6) is 0.638. The smallest absolute Gasteiger partial charge is 0.0737 e. The summed E-state index contributed by atoms with van der Waals surface area (Å²) >= 11 is 12.1. The third-order valence-corrected chi connectivity index (χ3v) is 3.46. The Morgan fingerprint density at radius 1 is 1.27 bits per heavy atom. The van der Waals surface area contributed by atoms with Gasteiger partial charge in [0.1, 0.15) is 0 Å². The Morgan fingerprint density at radius 3 is 2.40 bits per heavy atom. The van der Waals surface area contributed by atoms with Gasteiger partial charge in [0.15, 0.2) is 0 Å². The molecule has 0 saturated carbocycles. The number of nitrogens with zero attached hydrogens (tertiary/aromatic N) is 1. The van der Waals surface area contributed by atoms with E-state index >= 15 is 0 Å². The van der Waals surface area contributed by atoms with E-state index in [2.05, 4.69) is 24.0 Å².